The first-order valence-corrected chi connectivity index (χ1v) is 15.3. The molecule has 3 atom stereocenters. The smallest absolute Gasteiger partial charge is 0.336 e. The summed E-state index contributed by atoms with van der Waals surface area (Å²) in [7, 11) is 0. The number of esters is 1. The van der Waals surface area contributed by atoms with Gasteiger partial charge in [0.2, 0.25) is 0 Å². The van der Waals surface area contributed by atoms with Gasteiger partial charge in [-0.1, -0.05) is 90.9 Å². The van der Waals surface area contributed by atoms with Crippen LogP contribution < -0.4 is 9.47 Å². The van der Waals surface area contributed by atoms with Crippen LogP contribution in [-0.2, 0) is 11.2 Å². The van der Waals surface area contributed by atoms with Crippen molar-refractivity contribution >= 4 is 5.97 Å². The van der Waals surface area contributed by atoms with Gasteiger partial charge in [0.05, 0.1) is 0 Å². The molecule has 38 heavy (non-hydrogen) atoms. The van der Waals surface area contributed by atoms with Crippen LogP contribution in [0.3, 0.4) is 0 Å². The van der Waals surface area contributed by atoms with Gasteiger partial charge in [0.25, 0.3) is 0 Å². The van der Waals surface area contributed by atoms with Crippen LogP contribution in [0.15, 0.2) is 24.3 Å². The van der Waals surface area contributed by atoms with E-state index in [9.17, 15) is 4.79 Å². The van der Waals surface area contributed by atoms with E-state index in [1.165, 1.54) is 63.0 Å². The molecule has 0 fully saturated rings. The molecule has 0 aliphatic carbocycles. The molecule has 1 aromatic rings. The van der Waals surface area contributed by atoms with Crippen molar-refractivity contribution < 1.29 is 14.3 Å². The van der Waals surface area contributed by atoms with Crippen LogP contribution in [0.5, 0.6) is 11.5 Å². The van der Waals surface area contributed by atoms with Crippen molar-refractivity contribution in [3.8, 4) is 11.5 Å². The van der Waals surface area contributed by atoms with E-state index < -0.39 is 0 Å². The fraction of sp³-hybridized carbons (Fsp3) is 0.686. The summed E-state index contributed by atoms with van der Waals surface area (Å²) in [5, 5.41) is 0. The molecule has 1 aliphatic heterocycles. The molecule has 1 heterocycles. The van der Waals surface area contributed by atoms with E-state index in [2.05, 4.69) is 48.5 Å². The third-order valence-corrected chi connectivity index (χ3v) is 8.58. The van der Waals surface area contributed by atoms with Gasteiger partial charge in [-0.3, -0.25) is 0 Å². The molecule has 3 nitrogen and oxygen atoms in total. The Balaban J connectivity index is 1.88. The Kier molecular flexibility index (Phi) is 13.2. The number of ether oxygens (including phenoxy) is 2. The normalized spacial score (nSPS) is 19.1. The minimum absolute atomic E-state index is 0.130. The number of hydrogen-bond acceptors (Lipinski definition) is 3. The van der Waals surface area contributed by atoms with E-state index in [0.717, 1.165) is 59.5 Å². The summed E-state index contributed by atoms with van der Waals surface area (Å²) in [6.45, 7) is 19.9. The zero-order chi connectivity index (χ0) is 28.3. The second kappa shape index (κ2) is 15.5. The molecule has 0 radical (unpaired) electrons. The van der Waals surface area contributed by atoms with Gasteiger partial charge in [-0.05, 0) is 94.7 Å². The molecule has 0 saturated heterocycles. The second-order valence-electron chi connectivity index (χ2n) is 12.7. The molecular weight excluding hydrogens is 468 g/mol. The van der Waals surface area contributed by atoms with Crippen molar-refractivity contribution in [1.82, 2.24) is 0 Å². The highest BCUT2D eigenvalue weighted by molar-refractivity contribution is 5.85. The first-order chi connectivity index (χ1) is 18.0. The maximum atomic E-state index is 12.3. The molecule has 214 valence electrons. The summed E-state index contributed by atoms with van der Waals surface area (Å²) in [4.78, 5) is 12.3. The average molecular weight is 525 g/mol. The average Bonchev–Trinajstić information content (AvgIpc) is 2.85. The van der Waals surface area contributed by atoms with Crippen molar-refractivity contribution in [2.24, 2.45) is 17.8 Å². The van der Waals surface area contributed by atoms with Gasteiger partial charge in [-0.15, -0.1) is 0 Å². The Morgan fingerprint density at radius 2 is 1.50 bits per heavy atom. The van der Waals surface area contributed by atoms with Crippen molar-refractivity contribution in [1.29, 1.82) is 0 Å². The number of fused-ring (bicyclic) bond motifs is 1. The molecule has 0 unspecified atom stereocenters. The Hall–Kier alpha value is -2.03. The number of carbonyl (C=O) groups excluding carboxylic acids is 1. The van der Waals surface area contributed by atoms with E-state index >= 15 is 0 Å². The number of rotatable bonds is 15. The first kappa shape index (κ1) is 32.2. The molecule has 2 rings (SSSR count). The number of allylic oxidation sites excluding steroid dienone is 3. The fourth-order valence-electron chi connectivity index (χ4n) is 5.79. The highest BCUT2D eigenvalue weighted by Crippen LogP contribution is 2.45. The van der Waals surface area contributed by atoms with Crippen molar-refractivity contribution in [3.05, 3.63) is 46.6 Å². The highest BCUT2D eigenvalue weighted by atomic mass is 16.5. The van der Waals surface area contributed by atoms with E-state index in [4.69, 9.17) is 9.47 Å². The maximum absolute atomic E-state index is 12.3. The van der Waals surface area contributed by atoms with Crippen LogP contribution >= 0.6 is 0 Å². The molecule has 0 spiro atoms. The Morgan fingerprint density at radius 1 is 0.895 bits per heavy atom. The summed E-state index contributed by atoms with van der Waals surface area (Å²) in [5.41, 5.74) is 4.18. The third-order valence-electron chi connectivity index (χ3n) is 8.58. The van der Waals surface area contributed by atoms with Crippen LogP contribution in [-0.4, -0.2) is 11.6 Å². The second-order valence-corrected chi connectivity index (χ2v) is 12.7. The van der Waals surface area contributed by atoms with E-state index in [-0.39, 0.29) is 11.6 Å². The predicted octanol–water partition coefficient (Wildman–Crippen LogP) is 10.2. The summed E-state index contributed by atoms with van der Waals surface area (Å²) >= 11 is 0. The molecule has 0 bridgehead atoms. The first-order valence-electron chi connectivity index (χ1n) is 15.3. The Bertz CT molecular complexity index is 955. The highest BCUT2D eigenvalue weighted by Gasteiger charge is 2.34. The van der Waals surface area contributed by atoms with Gasteiger partial charge in [0.15, 0.2) is 0 Å². The Morgan fingerprint density at radius 3 is 2.11 bits per heavy atom. The number of benzene rings is 1. The SMILES string of the molecule is CC=CC=CC(=O)Oc1c(C)c(C)c2c(c1C)CC[C@@](C)(CCC[C@H](C)CCC[C@H](C)CCCC(C)C)O2. The van der Waals surface area contributed by atoms with Crippen LogP contribution in [0, 0.1) is 38.5 Å². The molecule has 0 aromatic heterocycles. The third kappa shape index (κ3) is 9.93. The van der Waals surface area contributed by atoms with Gasteiger partial charge in [-0.2, -0.15) is 0 Å². The minimum atomic E-state index is -0.343. The quantitative estimate of drug-likeness (QED) is 0.0990. The lowest BCUT2D eigenvalue weighted by Gasteiger charge is -2.38. The zero-order valence-electron chi connectivity index (χ0n) is 26.0. The minimum Gasteiger partial charge on any atom is -0.487 e. The van der Waals surface area contributed by atoms with Crippen molar-refractivity contribution in [3.63, 3.8) is 0 Å². The van der Waals surface area contributed by atoms with Crippen LogP contribution in [0.25, 0.3) is 0 Å². The van der Waals surface area contributed by atoms with E-state index in [1.54, 1.807) is 6.08 Å². The van der Waals surface area contributed by atoms with Gasteiger partial charge in [0, 0.05) is 11.6 Å². The van der Waals surface area contributed by atoms with Gasteiger partial charge in [-0.25, -0.2) is 4.79 Å². The summed E-state index contributed by atoms with van der Waals surface area (Å²) in [6, 6.07) is 0. The van der Waals surface area contributed by atoms with Crippen LogP contribution in [0.2, 0.25) is 0 Å². The lowest BCUT2D eigenvalue weighted by molar-refractivity contribution is -0.129. The van der Waals surface area contributed by atoms with Gasteiger partial charge < -0.3 is 9.47 Å². The Labute approximate surface area is 234 Å². The van der Waals surface area contributed by atoms with Gasteiger partial charge >= 0.3 is 5.97 Å². The lowest BCUT2D eigenvalue weighted by Crippen LogP contribution is -2.37. The molecule has 0 saturated carbocycles. The summed E-state index contributed by atoms with van der Waals surface area (Å²) < 4.78 is 12.5. The molecule has 1 aliphatic rings. The molecule has 0 amide bonds. The summed E-state index contributed by atoms with van der Waals surface area (Å²) in [5.74, 6) is 3.84. The number of hydrogen-bond donors (Lipinski definition) is 0. The van der Waals surface area contributed by atoms with Crippen molar-refractivity contribution in [2.45, 2.75) is 139 Å². The van der Waals surface area contributed by atoms with Crippen LogP contribution in [0.4, 0.5) is 0 Å². The molecule has 3 heteroatoms. The molecule has 1 aromatic carbocycles. The van der Waals surface area contributed by atoms with Gasteiger partial charge in [0.1, 0.15) is 17.1 Å². The summed E-state index contributed by atoms with van der Waals surface area (Å²) in [6.07, 6.45) is 20.7. The topological polar surface area (TPSA) is 35.5 Å². The maximum Gasteiger partial charge on any atom is 0.336 e. The monoisotopic (exact) mass is 524 g/mol. The number of carbonyl (C=O) groups is 1. The van der Waals surface area contributed by atoms with Crippen molar-refractivity contribution in [2.75, 3.05) is 0 Å². The van der Waals surface area contributed by atoms with Crippen LogP contribution in [0.1, 0.15) is 128 Å². The van der Waals surface area contributed by atoms with E-state index in [1.807, 2.05) is 26.0 Å². The zero-order valence-corrected chi connectivity index (χ0v) is 26.0. The largest absolute Gasteiger partial charge is 0.487 e. The molecule has 0 N–H and O–H groups in total. The standard InChI is InChI=1S/C35H56O3/c1-10-11-12-21-32(36)37-33-28(6)29(7)34-31(30(33)8)22-24-35(9,38-34)23-15-20-27(5)19-14-18-26(4)17-13-16-25(2)3/h10-12,21,25-27H,13-20,22-24H2,1-9H3/t26-,27-,35-/m1/s1. The predicted molar refractivity (Wildman–Crippen MR) is 162 cm³/mol. The van der Waals surface area contributed by atoms with E-state index in [0.29, 0.717) is 5.75 Å². The lowest BCUT2D eigenvalue weighted by atomic mass is 9.83. The fourth-order valence-corrected chi connectivity index (χ4v) is 5.79. The molecular formula is C35H56O3.